The molecule has 0 radical (unpaired) electrons. The van der Waals surface area contributed by atoms with Crippen molar-refractivity contribution in [2.24, 2.45) is 0 Å². The fourth-order valence-electron chi connectivity index (χ4n) is 3.67. The summed E-state index contributed by atoms with van der Waals surface area (Å²) in [7, 11) is 3.04. The van der Waals surface area contributed by atoms with E-state index >= 15 is 0 Å². The molecule has 0 unspecified atom stereocenters. The molecule has 7 nitrogen and oxygen atoms in total. The van der Waals surface area contributed by atoms with Crippen molar-refractivity contribution >= 4 is 61.9 Å². The molecule has 2 N–H and O–H groups in total. The van der Waals surface area contributed by atoms with E-state index in [1.165, 1.54) is 7.11 Å². The Balaban J connectivity index is 1.77. The molecule has 2 atom stereocenters. The fourth-order valence-corrected chi connectivity index (χ4v) is 5.58. The number of rotatable bonds is 7. The second-order valence-corrected chi connectivity index (χ2v) is 9.27. The van der Waals surface area contributed by atoms with Crippen molar-refractivity contribution in [3.8, 4) is 5.75 Å². The standard InChI is InChI=1S/C22H21BrN4O3S2/c1-29-11-19(28)25-16-10-14(6-7-17(16)30-2)27-21(18-9-13(23)12-32-18)20(26-22(27)31)15-5-3-4-8-24-15/h3-10,12,20-21H,11H2,1-2H3,(H,25,28)(H,26,31)/t20-,21-/m0/s1. The number of nitrogens with one attached hydrogen (secondary N) is 2. The van der Waals surface area contributed by atoms with Gasteiger partial charge in [0.05, 0.1) is 30.6 Å². The molecule has 0 saturated carbocycles. The SMILES string of the molecule is COCC(=O)Nc1cc(N2C(=S)N[C@@H](c3ccccn3)[C@@H]2c2cc(Br)cs2)ccc1OC. The number of carbonyl (C=O) groups is 1. The molecule has 1 aliphatic rings. The number of thiocarbonyl (C=S) groups is 1. The Morgan fingerprint density at radius 1 is 1.31 bits per heavy atom. The van der Waals surface area contributed by atoms with Crippen molar-refractivity contribution < 1.29 is 14.3 Å². The van der Waals surface area contributed by atoms with Crippen molar-refractivity contribution in [3.63, 3.8) is 0 Å². The quantitative estimate of drug-likeness (QED) is 0.428. The van der Waals surface area contributed by atoms with E-state index in [1.807, 2.05) is 36.4 Å². The minimum Gasteiger partial charge on any atom is -0.495 e. The maximum Gasteiger partial charge on any atom is 0.250 e. The van der Waals surface area contributed by atoms with Crippen LogP contribution in [-0.4, -0.2) is 36.8 Å². The van der Waals surface area contributed by atoms with Gasteiger partial charge in [0.2, 0.25) is 5.91 Å². The molecule has 4 rings (SSSR count). The van der Waals surface area contributed by atoms with Gasteiger partial charge in [0.15, 0.2) is 5.11 Å². The number of methoxy groups -OCH3 is 2. The Morgan fingerprint density at radius 3 is 2.81 bits per heavy atom. The largest absolute Gasteiger partial charge is 0.495 e. The number of thiophene rings is 1. The van der Waals surface area contributed by atoms with Crippen molar-refractivity contribution in [1.29, 1.82) is 0 Å². The predicted octanol–water partition coefficient (Wildman–Crippen LogP) is 4.68. The van der Waals surface area contributed by atoms with Crippen LogP contribution < -0.4 is 20.3 Å². The van der Waals surface area contributed by atoms with Gasteiger partial charge in [-0.2, -0.15) is 0 Å². The van der Waals surface area contributed by atoms with E-state index in [0.717, 1.165) is 20.7 Å². The van der Waals surface area contributed by atoms with Crippen LogP contribution in [0.4, 0.5) is 11.4 Å². The Morgan fingerprint density at radius 2 is 2.16 bits per heavy atom. The van der Waals surface area contributed by atoms with E-state index in [4.69, 9.17) is 21.7 Å². The number of aromatic nitrogens is 1. The Labute approximate surface area is 203 Å². The van der Waals surface area contributed by atoms with Gasteiger partial charge in [-0.05, 0) is 64.5 Å². The monoisotopic (exact) mass is 532 g/mol. The number of hydrogen-bond acceptors (Lipinski definition) is 6. The summed E-state index contributed by atoms with van der Waals surface area (Å²) in [6.07, 6.45) is 1.78. The Bertz CT molecular complexity index is 1130. The molecule has 1 fully saturated rings. The van der Waals surface area contributed by atoms with Crippen molar-refractivity contribution in [2.75, 3.05) is 31.0 Å². The van der Waals surface area contributed by atoms with Crippen LogP contribution in [0.2, 0.25) is 0 Å². The van der Waals surface area contributed by atoms with Crippen LogP contribution in [-0.2, 0) is 9.53 Å². The zero-order valence-corrected chi connectivity index (χ0v) is 20.6. The van der Waals surface area contributed by atoms with Crippen molar-refractivity contribution in [3.05, 3.63) is 69.1 Å². The number of nitrogens with zero attached hydrogens (tertiary/aromatic N) is 2. The smallest absolute Gasteiger partial charge is 0.250 e. The van der Waals surface area contributed by atoms with Gasteiger partial charge in [0.25, 0.3) is 0 Å². The summed E-state index contributed by atoms with van der Waals surface area (Å²) in [5.74, 6) is 0.281. The molecule has 10 heteroatoms. The molecule has 1 saturated heterocycles. The second-order valence-electron chi connectivity index (χ2n) is 7.03. The molecule has 3 aromatic rings. The van der Waals surface area contributed by atoms with Crippen molar-refractivity contribution in [2.45, 2.75) is 12.1 Å². The molecule has 2 aromatic heterocycles. The number of ether oxygens (including phenoxy) is 2. The highest BCUT2D eigenvalue weighted by Gasteiger charge is 2.41. The van der Waals surface area contributed by atoms with Gasteiger partial charge < -0.3 is 25.0 Å². The zero-order valence-electron chi connectivity index (χ0n) is 17.4. The highest BCUT2D eigenvalue weighted by Crippen LogP contribution is 2.45. The van der Waals surface area contributed by atoms with E-state index in [-0.39, 0.29) is 24.6 Å². The summed E-state index contributed by atoms with van der Waals surface area (Å²) >= 11 is 11.0. The molecular weight excluding hydrogens is 512 g/mol. The lowest BCUT2D eigenvalue weighted by molar-refractivity contribution is -0.119. The first-order valence-corrected chi connectivity index (χ1v) is 11.8. The third kappa shape index (κ3) is 4.63. The molecule has 1 amide bonds. The number of carbonyl (C=O) groups excluding carboxylic acids is 1. The summed E-state index contributed by atoms with van der Waals surface area (Å²) < 4.78 is 11.4. The first kappa shape index (κ1) is 22.7. The van der Waals surface area contributed by atoms with Gasteiger partial charge in [-0.25, -0.2) is 0 Å². The van der Waals surface area contributed by atoms with E-state index in [0.29, 0.717) is 16.5 Å². The molecule has 3 heterocycles. The molecule has 0 bridgehead atoms. The third-order valence-electron chi connectivity index (χ3n) is 4.99. The molecule has 1 aromatic carbocycles. The first-order valence-electron chi connectivity index (χ1n) is 9.73. The number of pyridine rings is 1. The van der Waals surface area contributed by atoms with E-state index in [1.54, 1.807) is 24.6 Å². The molecule has 0 aliphatic carbocycles. The van der Waals surface area contributed by atoms with Gasteiger partial charge in [-0.1, -0.05) is 6.07 Å². The van der Waals surface area contributed by atoms with Crippen molar-refractivity contribution in [1.82, 2.24) is 10.3 Å². The van der Waals surface area contributed by atoms with E-state index in [9.17, 15) is 4.79 Å². The van der Waals surface area contributed by atoms with Crippen LogP contribution >= 0.6 is 39.5 Å². The van der Waals surface area contributed by atoms with Crippen LogP contribution in [0.1, 0.15) is 22.7 Å². The summed E-state index contributed by atoms with van der Waals surface area (Å²) in [5, 5.41) is 8.91. The fraction of sp³-hybridized carbons (Fsp3) is 0.227. The zero-order chi connectivity index (χ0) is 22.7. The maximum atomic E-state index is 12.1. The number of hydrogen-bond donors (Lipinski definition) is 2. The number of amides is 1. The highest BCUT2D eigenvalue weighted by atomic mass is 79.9. The number of anilines is 2. The van der Waals surface area contributed by atoms with Crippen LogP contribution in [0.3, 0.4) is 0 Å². The van der Waals surface area contributed by atoms with E-state index < -0.39 is 0 Å². The van der Waals surface area contributed by atoms with Crippen LogP contribution in [0.15, 0.2) is 58.5 Å². The summed E-state index contributed by atoms with van der Waals surface area (Å²) in [6.45, 7) is -0.0509. The van der Waals surface area contributed by atoms with Gasteiger partial charge in [-0.15, -0.1) is 11.3 Å². The first-order chi connectivity index (χ1) is 15.5. The van der Waals surface area contributed by atoms with Gasteiger partial charge in [-0.3, -0.25) is 9.78 Å². The second kappa shape index (κ2) is 9.95. The lowest BCUT2D eigenvalue weighted by atomic mass is 10.0. The summed E-state index contributed by atoms with van der Waals surface area (Å²) in [4.78, 5) is 19.9. The lowest BCUT2D eigenvalue weighted by Gasteiger charge is -2.27. The Hall–Kier alpha value is -2.53. The van der Waals surface area contributed by atoms with Crippen LogP contribution in [0.25, 0.3) is 0 Å². The normalized spacial score (nSPS) is 17.8. The minimum absolute atomic E-state index is 0.0509. The van der Waals surface area contributed by atoms with Gasteiger partial charge in [0.1, 0.15) is 12.4 Å². The number of halogens is 1. The Kier molecular flexibility index (Phi) is 7.04. The summed E-state index contributed by atoms with van der Waals surface area (Å²) in [5.41, 5.74) is 2.26. The average molecular weight is 533 g/mol. The maximum absolute atomic E-state index is 12.1. The average Bonchev–Trinajstić information content (AvgIpc) is 3.37. The highest BCUT2D eigenvalue weighted by molar-refractivity contribution is 9.10. The molecule has 1 aliphatic heterocycles. The summed E-state index contributed by atoms with van der Waals surface area (Å²) in [6, 6.07) is 13.3. The molecule has 0 spiro atoms. The topological polar surface area (TPSA) is 75.7 Å². The third-order valence-corrected chi connectivity index (χ3v) is 7.07. The molecule has 32 heavy (non-hydrogen) atoms. The van der Waals surface area contributed by atoms with Gasteiger partial charge in [0, 0.05) is 33.7 Å². The molecular formula is C22H21BrN4O3S2. The molecule has 166 valence electrons. The van der Waals surface area contributed by atoms with Crippen LogP contribution in [0.5, 0.6) is 5.75 Å². The van der Waals surface area contributed by atoms with Gasteiger partial charge >= 0.3 is 0 Å². The minimum atomic E-state index is -0.268. The van der Waals surface area contributed by atoms with E-state index in [2.05, 4.69) is 47.9 Å². The lowest BCUT2D eigenvalue weighted by Crippen LogP contribution is -2.29. The predicted molar refractivity (Wildman–Crippen MR) is 133 cm³/mol. The number of benzene rings is 1. The van der Waals surface area contributed by atoms with Crippen LogP contribution in [0, 0.1) is 0 Å².